The van der Waals surface area contributed by atoms with Gasteiger partial charge < -0.3 is 19.9 Å². The first kappa shape index (κ1) is 14.0. The monoisotopic (exact) mass is 239 g/mol. The molecular formula is C13H21NO3. The van der Waals surface area contributed by atoms with E-state index in [0.717, 1.165) is 11.3 Å². The van der Waals surface area contributed by atoms with Crippen LogP contribution in [-0.4, -0.2) is 26.6 Å². The number of methoxy groups -OCH3 is 2. The third-order valence-corrected chi connectivity index (χ3v) is 2.40. The fraction of sp³-hybridized carbons (Fsp3) is 0.538. The molecule has 4 nitrogen and oxygen atoms in total. The molecule has 0 aliphatic heterocycles. The average molecular weight is 239 g/mol. The fourth-order valence-electron chi connectivity index (χ4n) is 1.65. The second kappa shape index (κ2) is 6.59. The lowest BCUT2D eigenvalue weighted by molar-refractivity contribution is -0.117. The van der Waals surface area contributed by atoms with Gasteiger partial charge in [-0.25, -0.2) is 0 Å². The minimum absolute atomic E-state index is 0.104. The van der Waals surface area contributed by atoms with Gasteiger partial charge in [-0.1, -0.05) is 18.2 Å². The van der Waals surface area contributed by atoms with Crippen molar-refractivity contribution in [3.05, 3.63) is 29.8 Å². The first-order valence-electron chi connectivity index (χ1n) is 5.67. The highest BCUT2D eigenvalue weighted by Gasteiger charge is 2.21. The molecular weight excluding hydrogens is 218 g/mol. The van der Waals surface area contributed by atoms with E-state index in [1.54, 1.807) is 14.2 Å². The summed E-state index contributed by atoms with van der Waals surface area (Å²) in [6, 6.07) is 7.29. The summed E-state index contributed by atoms with van der Waals surface area (Å²) < 4.78 is 16.1. The molecule has 0 heterocycles. The van der Waals surface area contributed by atoms with E-state index in [9.17, 15) is 0 Å². The third-order valence-electron chi connectivity index (χ3n) is 2.40. The van der Waals surface area contributed by atoms with E-state index in [-0.39, 0.29) is 12.1 Å². The Kier molecular flexibility index (Phi) is 5.41. The van der Waals surface area contributed by atoms with Crippen molar-refractivity contribution in [2.45, 2.75) is 32.3 Å². The summed E-state index contributed by atoms with van der Waals surface area (Å²) in [5, 5.41) is 0. The van der Waals surface area contributed by atoms with Gasteiger partial charge >= 0.3 is 0 Å². The normalized spacial score (nSPS) is 13.1. The molecule has 0 saturated carbocycles. The van der Waals surface area contributed by atoms with E-state index < -0.39 is 6.29 Å². The molecule has 0 fully saturated rings. The van der Waals surface area contributed by atoms with Crippen LogP contribution in [-0.2, 0) is 9.47 Å². The molecule has 0 saturated heterocycles. The molecule has 1 atom stereocenters. The molecule has 0 radical (unpaired) electrons. The van der Waals surface area contributed by atoms with Gasteiger partial charge in [-0.2, -0.15) is 0 Å². The lowest BCUT2D eigenvalue weighted by Crippen LogP contribution is -2.30. The molecule has 0 aliphatic carbocycles. The molecule has 0 amide bonds. The van der Waals surface area contributed by atoms with Crippen molar-refractivity contribution >= 4 is 0 Å². The first-order valence-corrected chi connectivity index (χ1v) is 5.67. The van der Waals surface area contributed by atoms with Crippen LogP contribution in [0.25, 0.3) is 0 Å². The standard InChI is InChI=1S/C13H21NO3/c1-9(2)17-11-8-6-5-7-10(11)12(14)13(15-3)16-4/h5-9,12-13H,14H2,1-4H3. The molecule has 1 unspecified atom stereocenters. The van der Waals surface area contributed by atoms with Crippen LogP contribution < -0.4 is 10.5 Å². The van der Waals surface area contributed by atoms with Crippen LogP contribution in [0.4, 0.5) is 0 Å². The predicted molar refractivity (Wildman–Crippen MR) is 66.9 cm³/mol. The number of hydrogen-bond acceptors (Lipinski definition) is 4. The summed E-state index contributed by atoms with van der Waals surface area (Å²) in [6.07, 6.45) is -0.376. The average Bonchev–Trinajstić information content (AvgIpc) is 2.30. The Hall–Kier alpha value is -1.10. The molecule has 0 spiro atoms. The van der Waals surface area contributed by atoms with Gasteiger partial charge in [0.1, 0.15) is 5.75 Å². The Balaban J connectivity index is 2.95. The van der Waals surface area contributed by atoms with Crippen molar-refractivity contribution in [3.8, 4) is 5.75 Å². The first-order chi connectivity index (χ1) is 8.10. The molecule has 2 N–H and O–H groups in total. The Bertz CT molecular complexity index is 337. The minimum Gasteiger partial charge on any atom is -0.491 e. The Morgan fingerprint density at radius 3 is 2.18 bits per heavy atom. The largest absolute Gasteiger partial charge is 0.491 e. The summed E-state index contributed by atoms with van der Waals surface area (Å²) in [7, 11) is 3.14. The smallest absolute Gasteiger partial charge is 0.176 e. The second-order valence-electron chi connectivity index (χ2n) is 4.07. The van der Waals surface area contributed by atoms with Crippen LogP contribution in [0.5, 0.6) is 5.75 Å². The van der Waals surface area contributed by atoms with E-state index in [4.69, 9.17) is 19.9 Å². The predicted octanol–water partition coefficient (Wildman–Crippen LogP) is 2.09. The molecule has 0 aliphatic rings. The molecule has 1 rings (SSSR count). The van der Waals surface area contributed by atoms with Gasteiger partial charge in [0.25, 0.3) is 0 Å². The van der Waals surface area contributed by atoms with Gasteiger partial charge in [0.15, 0.2) is 6.29 Å². The summed E-state index contributed by atoms with van der Waals surface area (Å²) in [6.45, 7) is 3.96. The lowest BCUT2D eigenvalue weighted by atomic mass is 10.1. The van der Waals surface area contributed by atoms with Crippen LogP contribution in [0.1, 0.15) is 25.5 Å². The van der Waals surface area contributed by atoms with E-state index in [1.807, 2.05) is 38.1 Å². The number of benzene rings is 1. The topological polar surface area (TPSA) is 53.7 Å². The van der Waals surface area contributed by atoms with Crippen LogP contribution in [0.2, 0.25) is 0 Å². The van der Waals surface area contributed by atoms with Crippen molar-refractivity contribution in [2.75, 3.05) is 14.2 Å². The van der Waals surface area contributed by atoms with Crippen LogP contribution in [0.3, 0.4) is 0 Å². The van der Waals surface area contributed by atoms with Crippen molar-refractivity contribution in [3.63, 3.8) is 0 Å². The van der Waals surface area contributed by atoms with Gasteiger partial charge in [0.2, 0.25) is 0 Å². The number of ether oxygens (including phenoxy) is 3. The van der Waals surface area contributed by atoms with Crippen molar-refractivity contribution in [1.82, 2.24) is 0 Å². The third kappa shape index (κ3) is 3.70. The number of nitrogens with two attached hydrogens (primary N) is 1. The summed E-state index contributed by atoms with van der Waals surface area (Å²) in [5.41, 5.74) is 6.99. The van der Waals surface area contributed by atoms with Crippen LogP contribution >= 0.6 is 0 Å². The quantitative estimate of drug-likeness (QED) is 0.772. The van der Waals surface area contributed by atoms with Crippen molar-refractivity contribution < 1.29 is 14.2 Å². The Morgan fingerprint density at radius 2 is 1.65 bits per heavy atom. The van der Waals surface area contributed by atoms with Gasteiger partial charge in [-0.15, -0.1) is 0 Å². The van der Waals surface area contributed by atoms with Crippen molar-refractivity contribution in [2.24, 2.45) is 5.73 Å². The zero-order valence-corrected chi connectivity index (χ0v) is 10.8. The SMILES string of the molecule is COC(OC)C(N)c1ccccc1OC(C)C. The fourth-order valence-corrected chi connectivity index (χ4v) is 1.65. The van der Waals surface area contributed by atoms with Crippen LogP contribution in [0, 0.1) is 0 Å². The summed E-state index contributed by atoms with van der Waals surface area (Å²) in [5.74, 6) is 0.772. The van der Waals surface area contributed by atoms with E-state index in [1.165, 1.54) is 0 Å². The van der Waals surface area contributed by atoms with Gasteiger partial charge in [0.05, 0.1) is 12.1 Å². The number of rotatable bonds is 6. The van der Waals surface area contributed by atoms with Gasteiger partial charge in [-0.3, -0.25) is 0 Å². The number of hydrogen-bond donors (Lipinski definition) is 1. The highest BCUT2D eigenvalue weighted by Crippen LogP contribution is 2.27. The molecule has 0 bridgehead atoms. The number of para-hydroxylation sites is 1. The maximum absolute atomic E-state index is 6.11. The van der Waals surface area contributed by atoms with E-state index >= 15 is 0 Å². The molecule has 96 valence electrons. The lowest BCUT2D eigenvalue weighted by Gasteiger charge is -2.24. The molecule has 1 aromatic rings. The maximum Gasteiger partial charge on any atom is 0.176 e. The van der Waals surface area contributed by atoms with E-state index in [2.05, 4.69) is 0 Å². The Morgan fingerprint density at radius 1 is 1.06 bits per heavy atom. The Labute approximate surface area is 103 Å². The van der Waals surface area contributed by atoms with E-state index in [0.29, 0.717) is 0 Å². The highest BCUT2D eigenvalue weighted by molar-refractivity contribution is 5.36. The maximum atomic E-state index is 6.11. The second-order valence-corrected chi connectivity index (χ2v) is 4.07. The van der Waals surface area contributed by atoms with Crippen LogP contribution in [0.15, 0.2) is 24.3 Å². The highest BCUT2D eigenvalue weighted by atomic mass is 16.7. The summed E-state index contributed by atoms with van der Waals surface area (Å²) >= 11 is 0. The molecule has 4 heteroatoms. The van der Waals surface area contributed by atoms with Gasteiger partial charge in [0, 0.05) is 19.8 Å². The molecule has 0 aromatic heterocycles. The molecule has 17 heavy (non-hydrogen) atoms. The van der Waals surface area contributed by atoms with Crippen molar-refractivity contribution in [1.29, 1.82) is 0 Å². The zero-order chi connectivity index (χ0) is 12.8. The minimum atomic E-state index is -0.480. The van der Waals surface area contributed by atoms with Gasteiger partial charge in [-0.05, 0) is 19.9 Å². The zero-order valence-electron chi connectivity index (χ0n) is 10.8. The molecule has 1 aromatic carbocycles. The summed E-state index contributed by atoms with van der Waals surface area (Å²) in [4.78, 5) is 0.